The Kier molecular flexibility index (Phi) is 11.2. The van der Waals surface area contributed by atoms with Gasteiger partial charge in [-0.2, -0.15) is 0 Å². The quantitative estimate of drug-likeness (QED) is 0.497. The predicted octanol–water partition coefficient (Wildman–Crippen LogP) is 4.90. The first kappa shape index (κ1) is 21.0. The lowest BCUT2D eigenvalue weighted by atomic mass is 10.0. The summed E-state index contributed by atoms with van der Waals surface area (Å²) in [7, 11) is 0. The molecule has 1 amide bonds. The summed E-state index contributed by atoms with van der Waals surface area (Å²) in [6, 6.07) is 8.42. The fourth-order valence-corrected chi connectivity index (χ4v) is 2.65. The highest BCUT2D eigenvalue weighted by atomic mass is 16.5. The van der Waals surface area contributed by atoms with Crippen LogP contribution in [0.4, 0.5) is 4.79 Å². The van der Waals surface area contributed by atoms with Gasteiger partial charge in [-0.25, -0.2) is 9.59 Å². The second-order valence-electron chi connectivity index (χ2n) is 6.36. The molecule has 0 saturated heterocycles. The van der Waals surface area contributed by atoms with Crippen molar-refractivity contribution in [1.82, 2.24) is 5.32 Å². The molecular weight excluding hydrogens is 318 g/mol. The highest BCUT2D eigenvalue weighted by molar-refractivity contribution is 5.79. The molecule has 25 heavy (non-hydrogen) atoms. The van der Waals surface area contributed by atoms with Crippen molar-refractivity contribution in [1.29, 1.82) is 0 Å². The number of carboxylic acids is 1. The van der Waals surface area contributed by atoms with E-state index in [9.17, 15) is 14.7 Å². The lowest BCUT2D eigenvalue weighted by molar-refractivity contribution is -0.139. The Bertz CT molecular complexity index is 490. The third-order valence-corrected chi connectivity index (χ3v) is 4.15. The first-order valence-corrected chi connectivity index (χ1v) is 9.33. The molecule has 2 N–H and O–H groups in total. The zero-order chi connectivity index (χ0) is 18.3. The van der Waals surface area contributed by atoms with Crippen LogP contribution in [0.25, 0.3) is 0 Å². The van der Waals surface area contributed by atoms with E-state index in [0.29, 0.717) is 6.42 Å². The molecule has 5 heteroatoms. The van der Waals surface area contributed by atoms with Crippen LogP contribution in [0.3, 0.4) is 0 Å². The normalized spacial score (nSPS) is 11.7. The van der Waals surface area contributed by atoms with Crippen LogP contribution in [-0.2, 0) is 16.1 Å². The summed E-state index contributed by atoms with van der Waals surface area (Å²) >= 11 is 0. The van der Waals surface area contributed by atoms with Crippen LogP contribution in [0.2, 0.25) is 0 Å². The van der Waals surface area contributed by atoms with Gasteiger partial charge in [0.05, 0.1) is 0 Å². The summed E-state index contributed by atoms with van der Waals surface area (Å²) in [4.78, 5) is 23.0. The minimum Gasteiger partial charge on any atom is -0.480 e. The van der Waals surface area contributed by atoms with Gasteiger partial charge in [-0.15, -0.1) is 0 Å². The topological polar surface area (TPSA) is 75.6 Å². The third kappa shape index (κ3) is 10.4. The Morgan fingerprint density at radius 2 is 1.60 bits per heavy atom. The number of benzene rings is 1. The van der Waals surface area contributed by atoms with Crippen molar-refractivity contribution in [3.05, 3.63) is 35.9 Å². The number of unbranched alkanes of at least 4 members (excludes halogenated alkanes) is 7. The number of aliphatic carboxylic acids is 1. The minimum atomic E-state index is -1.01. The standard InChI is InChI=1S/C20H31NO4/c1-2-3-4-5-6-7-8-12-15-18(19(22)23)21-20(24)25-16-17-13-10-9-11-14-17/h9-11,13-14,18H,2-8,12,15-16H2,1H3,(H,21,24)(H,22,23)/t18-/m1/s1. The van der Waals surface area contributed by atoms with Gasteiger partial charge in [-0.3, -0.25) is 0 Å². The van der Waals surface area contributed by atoms with Gasteiger partial charge in [0.15, 0.2) is 0 Å². The number of hydrogen-bond donors (Lipinski definition) is 2. The average Bonchev–Trinajstić information content (AvgIpc) is 2.62. The number of hydrogen-bond acceptors (Lipinski definition) is 3. The molecule has 0 radical (unpaired) electrons. The van der Waals surface area contributed by atoms with Crippen molar-refractivity contribution in [2.24, 2.45) is 0 Å². The molecule has 0 aliphatic heterocycles. The maximum absolute atomic E-state index is 11.8. The first-order valence-electron chi connectivity index (χ1n) is 9.33. The number of carbonyl (C=O) groups excluding carboxylic acids is 1. The summed E-state index contributed by atoms with van der Waals surface area (Å²) < 4.78 is 5.08. The molecule has 0 spiro atoms. The van der Waals surface area contributed by atoms with Gasteiger partial charge in [-0.05, 0) is 12.0 Å². The van der Waals surface area contributed by atoms with E-state index < -0.39 is 18.1 Å². The van der Waals surface area contributed by atoms with Gasteiger partial charge in [0.2, 0.25) is 0 Å². The van der Waals surface area contributed by atoms with Crippen LogP contribution in [0.15, 0.2) is 30.3 Å². The molecule has 0 unspecified atom stereocenters. The van der Waals surface area contributed by atoms with E-state index in [1.807, 2.05) is 30.3 Å². The molecule has 0 aliphatic rings. The third-order valence-electron chi connectivity index (χ3n) is 4.15. The Hall–Kier alpha value is -2.04. The van der Waals surface area contributed by atoms with E-state index in [0.717, 1.165) is 24.8 Å². The summed E-state index contributed by atoms with van der Waals surface area (Å²) in [6.07, 6.45) is 8.92. The van der Waals surface area contributed by atoms with Gasteiger partial charge in [0.25, 0.3) is 0 Å². The fourth-order valence-electron chi connectivity index (χ4n) is 2.65. The molecule has 1 aromatic carbocycles. The summed E-state index contributed by atoms with van der Waals surface area (Å²) in [5, 5.41) is 11.7. The van der Waals surface area contributed by atoms with E-state index >= 15 is 0 Å². The maximum atomic E-state index is 11.8. The molecule has 1 rings (SSSR count). The first-order chi connectivity index (χ1) is 12.1. The van der Waals surface area contributed by atoms with Crippen molar-refractivity contribution in [2.75, 3.05) is 0 Å². The molecule has 140 valence electrons. The molecule has 1 aromatic rings. The lowest BCUT2D eigenvalue weighted by Crippen LogP contribution is -2.40. The van der Waals surface area contributed by atoms with Gasteiger partial charge < -0.3 is 15.2 Å². The smallest absolute Gasteiger partial charge is 0.408 e. The van der Waals surface area contributed by atoms with Crippen molar-refractivity contribution < 1.29 is 19.4 Å². The van der Waals surface area contributed by atoms with Crippen molar-refractivity contribution >= 4 is 12.1 Å². The number of amides is 1. The molecule has 0 aliphatic carbocycles. The Morgan fingerprint density at radius 3 is 2.20 bits per heavy atom. The fraction of sp³-hybridized carbons (Fsp3) is 0.600. The van der Waals surface area contributed by atoms with Gasteiger partial charge in [0, 0.05) is 0 Å². The predicted molar refractivity (Wildman–Crippen MR) is 98.4 cm³/mol. The zero-order valence-electron chi connectivity index (χ0n) is 15.2. The SMILES string of the molecule is CCCCCCCCCC[C@@H](NC(=O)OCc1ccccc1)C(=O)O. The molecule has 0 heterocycles. The van der Waals surface area contributed by atoms with Crippen LogP contribution >= 0.6 is 0 Å². The highest BCUT2D eigenvalue weighted by Crippen LogP contribution is 2.11. The maximum Gasteiger partial charge on any atom is 0.408 e. The molecule has 5 nitrogen and oxygen atoms in total. The van der Waals surface area contributed by atoms with Crippen LogP contribution < -0.4 is 5.32 Å². The van der Waals surface area contributed by atoms with Gasteiger partial charge >= 0.3 is 12.1 Å². The number of carbonyl (C=O) groups is 2. The summed E-state index contributed by atoms with van der Waals surface area (Å²) in [5.74, 6) is -1.01. The second kappa shape index (κ2) is 13.3. The highest BCUT2D eigenvalue weighted by Gasteiger charge is 2.20. The van der Waals surface area contributed by atoms with Crippen molar-refractivity contribution in [2.45, 2.75) is 77.4 Å². The monoisotopic (exact) mass is 349 g/mol. The number of nitrogens with one attached hydrogen (secondary N) is 1. The minimum absolute atomic E-state index is 0.136. The molecule has 0 fully saturated rings. The van der Waals surface area contributed by atoms with Crippen LogP contribution in [0.1, 0.15) is 70.3 Å². The van der Waals surface area contributed by atoms with E-state index in [2.05, 4.69) is 12.2 Å². The van der Waals surface area contributed by atoms with E-state index in [1.165, 1.54) is 32.1 Å². The Labute approximate surface area is 150 Å². The summed E-state index contributed by atoms with van der Waals surface area (Å²) in [6.45, 7) is 2.33. The van der Waals surface area contributed by atoms with E-state index in [4.69, 9.17) is 4.74 Å². The Balaban J connectivity index is 2.18. The summed E-state index contributed by atoms with van der Waals surface area (Å²) in [5.41, 5.74) is 0.868. The number of ether oxygens (including phenoxy) is 1. The van der Waals surface area contributed by atoms with Crippen LogP contribution in [0, 0.1) is 0 Å². The molecular formula is C20H31NO4. The van der Waals surface area contributed by atoms with Gasteiger partial charge in [-0.1, -0.05) is 88.6 Å². The number of carboxylic acid groups (broad SMARTS) is 1. The molecule has 0 bridgehead atoms. The largest absolute Gasteiger partial charge is 0.480 e. The van der Waals surface area contributed by atoms with Crippen LogP contribution in [-0.4, -0.2) is 23.2 Å². The molecule has 1 atom stereocenters. The van der Waals surface area contributed by atoms with E-state index in [-0.39, 0.29) is 6.61 Å². The molecule has 0 aromatic heterocycles. The van der Waals surface area contributed by atoms with Crippen LogP contribution in [0.5, 0.6) is 0 Å². The second-order valence-corrected chi connectivity index (χ2v) is 6.36. The number of alkyl carbamates (subject to hydrolysis) is 1. The van der Waals surface area contributed by atoms with Gasteiger partial charge in [0.1, 0.15) is 12.6 Å². The molecule has 0 saturated carbocycles. The number of rotatable bonds is 13. The Morgan fingerprint density at radius 1 is 1.00 bits per heavy atom. The average molecular weight is 349 g/mol. The van der Waals surface area contributed by atoms with E-state index in [1.54, 1.807) is 0 Å². The zero-order valence-corrected chi connectivity index (χ0v) is 15.2. The van der Waals surface area contributed by atoms with Crippen molar-refractivity contribution in [3.63, 3.8) is 0 Å². The van der Waals surface area contributed by atoms with Crippen molar-refractivity contribution in [3.8, 4) is 0 Å². The lowest BCUT2D eigenvalue weighted by Gasteiger charge is -2.14.